The van der Waals surface area contributed by atoms with Gasteiger partial charge in [-0.1, -0.05) is 24.3 Å². The van der Waals surface area contributed by atoms with Crippen molar-refractivity contribution in [2.45, 2.75) is 0 Å². The van der Waals surface area contributed by atoms with Gasteiger partial charge in [0, 0.05) is 25.8 Å². The molecular formula is C19H17N5O3. The van der Waals surface area contributed by atoms with Crippen LogP contribution in [0.25, 0.3) is 6.08 Å². The van der Waals surface area contributed by atoms with Crippen molar-refractivity contribution in [3.05, 3.63) is 75.3 Å². The zero-order valence-corrected chi connectivity index (χ0v) is 14.8. The van der Waals surface area contributed by atoms with E-state index in [1.807, 2.05) is 37.2 Å². The molecule has 0 atom stereocenters. The molecule has 0 heterocycles. The maximum absolute atomic E-state index is 12.1. The van der Waals surface area contributed by atoms with E-state index in [2.05, 4.69) is 10.5 Å². The predicted octanol–water partition coefficient (Wildman–Crippen LogP) is 2.72. The van der Waals surface area contributed by atoms with Gasteiger partial charge in [0.05, 0.1) is 16.7 Å². The second-order valence-electron chi connectivity index (χ2n) is 5.67. The Balaban J connectivity index is 2.11. The summed E-state index contributed by atoms with van der Waals surface area (Å²) >= 11 is 0. The van der Waals surface area contributed by atoms with Gasteiger partial charge >= 0.3 is 0 Å². The molecule has 0 fully saturated rings. The van der Waals surface area contributed by atoms with Crippen LogP contribution in [0.1, 0.15) is 11.1 Å². The standard InChI is InChI=1S/C19H17N5O3/c1-23(2)17-9-7-14(8-10-17)11-16(12-20)19(25)22-21-13-15-5-3-4-6-18(15)24(26)27/h3-11,13H,1-2H3,(H,22,25)/b16-11+,21-13-. The van der Waals surface area contributed by atoms with E-state index in [4.69, 9.17) is 0 Å². The van der Waals surface area contributed by atoms with Crippen molar-refractivity contribution >= 4 is 29.6 Å². The van der Waals surface area contributed by atoms with E-state index in [0.717, 1.165) is 11.9 Å². The van der Waals surface area contributed by atoms with E-state index in [1.165, 1.54) is 24.3 Å². The normalized spacial score (nSPS) is 11.1. The minimum Gasteiger partial charge on any atom is -0.378 e. The Labute approximate surface area is 156 Å². The van der Waals surface area contributed by atoms with Gasteiger partial charge in [-0.3, -0.25) is 14.9 Å². The van der Waals surface area contributed by atoms with Gasteiger partial charge in [0.15, 0.2) is 0 Å². The van der Waals surface area contributed by atoms with Crippen LogP contribution < -0.4 is 10.3 Å². The number of hydrogen-bond acceptors (Lipinski definition) is 6. The first-order valence-electron chi connectivity index (χ1n) is 7.88. The highest BCUT2D eigenvalue weighted by Crippen LogP contribution is 2.16. The summed E-state index contributed by atoms with van der Waals surface area (Å²) in [6.45, 7) is 0. The van der Waals surface area contributed by atoms with E-state index in [1.54, 1.807) is 18.2 Å². The van der Waals surface area contributed by atoms with Crippen molar-refractivity contribution in [1.29, 1.82) is 5.26 Å². The molecule has 0 saturated heterocycles. The maximum atomic E-state index is 12.1. The minimum absolute atomic E-state index is 0.132. The van der Waals surface area contributed by atoms with E-state index < -0.39 is 10.8 Å². The molecule has 0 aliphatic rings. The number of nitro benzene ring substituents is 1. The van der Waals surface area contributed by atoms with Gasteiger partial charge in [-0.2, -0.15) is 10.4 Å². The molecule has 1 amide bonds. The number of anilines is 1. The number of para-hydroxylation sites is 1. The highest BCUT2D eigenvalue weighted by atomic mass is 16.6. The van der Waals surface area contributed by atoms with E-state index >= 15 is 0 Å². The van der Waals surface area contributed by atoms with Crippen LogP contribution in [0.2, 0.25) is 0 Å². The zero-order chi connectivity index (χ0) is 19.8. The second kappa shape index (κ2) is 8.92. The molecule has 2 aromatic carbocycles. The Kier molecular flexibility index (Phi) is 6.39. The average molecular weight is 363 g/mol. The van der Waals surface area contributed by atoms with Gasteiger partial charge in [0.1, 0.15) is 11.6 Å². The van der Waals surface area contributed by atoms with Gasteiger partial charge in [0.25, 0.3) is 11.6 Å². The number of amides is 1. The summed E-state index contributed by atoms with van der Waals surface area (Å²) in [5, 5.41) is 23.9. The average Bonchev–Trinajstić information content (AvgIpc) is 2.66. The van der Waals surface area contributed by atoms with Gasteiger partial charge in [0.2, 0.25) is 0 Å². The van der Waals surface area contributed by atoms with Crippen LogP contribution in [0.15, 0.2) is 59.2 Å². The quantitative estimate of drug-likeness (QED) is 0.279. The van der Waals surface area contributed by atoms with Crippen LogP contribution in [0.5, 0.6) is 0 Å². The predicted molar refractivity (Wildman–Crippen MR) is 103 cm³/mol. The molecular weight excluding hydrogens is 346 g/mol. The number of hydrogen-bond donors (Lipinski definition) is 1. The maximum Gasteiger partial charge on any atom is 0.282 e. The van der Waals surface area contributed by atoms with Crippen molar-refractivity contribution < 1.29 is 9.72 Å². The number of carbonyl (C=O) groups excluding carboxylic acids is 1. The highest BCUT2D eigenvalue weighted by Gasteiger charge is 2.11. The third kappa shape index (κ3) is 5.24. The monoisotopic (exact) mass is 363 g/mol. The summed E-state index contributed by atoms with van der Waals surface area (Å²) < 4.78 is 0. The smallest absolute Gasteiger partial charge is 0.282 e. The molecule has 2 rings (SSSR count). The summed E-state index contributed by atoms with van der Waals surface area (Å²) in [6.07, 6.45) is 2.60. The highest BCUT2D eigenvalue weighted by molar-refractivity contribution is 6.02. The Hall–Kier alpha value is -3.99. The summed E-state index contributed by atoms with van der Waals surface area (Å²) in [5.74, 6) is -0.705. The van der Waals surface area contributed by atoms with Crippen LogP contribution in [0.3, 0.4) is 0 Å². The third-order valence-electron chi connectivity index (χ3n) is 3.59. The van der Waals surface area contributed by atoms with Crippen LogP contribution in [-0.2, 0) is 4.79 Å². The third-order valence-corrected chi connectivity index (χ3v) is 3.59. The molecule has 0 aromatic heterocycles. The van der Waals surface area contributed by atoms with Crippen LogP contribution >= 0.6 is 0 Å². The molecule has 2 aromatic rings. The number of carbonyl (C=O) groups is 1. The largest absolute Gasteiger partial charge is 0.378 e. The summed E-state index contributed by atoms with van der Waals surface area (Å²) in [6, 6.07) is 15.1. The molecule has 8 nitrogen and oxygen atoms in total. The lowest BCUT2D eigenvalue weighted by Gasteiger charge is -2.11. The second-order valence-corrected chi connectivity index (χ2v) is 5.67. The van der Waals surface area contributed by atoms with Gasteiger partial charge in [-0.05, 0) is 29.8 Å². The first-order valence-corrected chi connectivity index (χ1v) is 7.88. The lowest BCUT2D eigenvalue weighted by molar-refractivity contribution is -0.385. The van der Waals surface area contributed by atoms with Crippen molar-refractivity contribution in [1.82, 2.24) is 5.43 Å². The van der Waals surface area contributed by atoms with E-state index in [-0.39, 0.29) is 16.8 Å². The first-order chi connectivity index (χ1) is 12.9. The molecule has 0 saturated carbocycles. The van der Waals surface area contributed by atoms with Crippen molar-refractivity contribution in [3.63, 3.8) is 0 Å². The van der Waals surface area contributed by atoms with E-state index in [9.17, 15) is 20.2 Å². The van der Waals surface area contributed by atoms with Gasteiger partial charge < -0.3 is 4.90 Å². The number of hydrazone groups is 1. The van der Waals surface area contributed by atoms with Crippen LogP contribution in [0, 0.1) is 21.4 Å². The van der Waals surface area contributed by atoms with Gasteiger partial charge in [-0.25, -0.2) is 5.43 Å². The van der Waals surface area contributed by atoms with Crippen molar-refractivity contribution in [3.8, 4) is 6.07 Å². The molecule has 0 radical (unpaired) electrons. The lowest BCUT2D eigenvalue weighted by atomic mass is 10.1. The Morgan fingerprint density at radius 3 is 2.48 bits per heavy atom. The molecule has 0 bridgehead atoms. The molecule has 0 unspecified atom stereocenters. The minimum atomic E-state index is -0.705. The molecule has 27 heavy (non-hydrogen) atoms. The fourth-order valence-electron chi connectivity index (χ4n) is 2.17. The van der Waals surface area contributed by atoms with Crippen LogP contribution in [-0.4, -0.2) is 31.1 Å². The van der Waals surface area contributed by atoms with Crippen molar-refractivity contribution in [2.75, 3.05) is 19.0 Å². The first kappa shape index (κ1) is 19.3. The molecule has 0 aliphatic carbocycles. The SMILES string of the molecule is CN(C)c1ccc(/C=C(\C#N)C(=O)N/N=C\c2ccccc2[N+](=O)[O-])cc1. The molecule has 8 heteroatoms. The Bertz CT molecular complexity index is 941. The number of nitro groups is 1. The molecule has 1 N–H and O–H groups in total. The van der Waals surface area contributed by atoms with E-state index in [0.29, 0.717) is 5.56 Å². The van der Waals surface area contributed by atoms with Gasteiger partial charge in [-0.15, -0.1) is 0 Å². The molecule has 136 valence electrons. The summed E-state index contributed by atoms with van der Waals surface area (Å²) in [5.41, 5.74) is 3.86. The topological polar surface area (TPSA) is 112 Å². The number of nitriles is 1. The Morgan fingerprint density at radius 1 is 1.22 bits per heavy atom. The number of benzene rings is 2. The number of nitrogens with zero attached hydrogens (tertiary/aromatic N) is 4. The molecule has 0 spiro atoms. The summed E-state index contributed by atoms with van der Waals surface area (Å²) in [7, 11) is 3.82. The summed E-state index contributed by atoms with van der Waals surface area (Å²) in [4.78, 5) is 24.4. The lowest BCUT2D eigenvalue weighted by Crippen LogP contribution is -2.19. The zero-order valence-electron chi connectivity index (χ0n) is 14.8. The number of nitrogens with one attached hydrogen (secondary N) is 1. The molecule has 0 aliphatic heterocycles. The Morgan fingerprint density at radius 2 is 1.89 bits per heavy atom. The fourth-order valence-corrected chi connectivity index (χ4v) is 2.17. The number of rotatable bonds is 6. The van der Waals surface area contributed by atoms with Crippen molar-refractivity contribution in [2.24, 2.45) is 5.10 Å². The van der Waals surface area contributed by atoms with Crippen LogP contribution in [0.4, 0.5) is 11.4 Å². The fraction of sp³-hybridized carbons (Fsp3) is 0.105.